The monoisotopic (exact) mass is 201 g/mol. The van der Waals surface area contributed by atoms with Gasteiger partial charge in [0.05, 0.1) is 0 Å². The average Bonchev–Trinajstić information content (AvgIpc) is 2.00. The second-order valence-electron chi connectivity index (χ2n) is 4.85. The second kappa shape index (κ2) is 3.87. The Kier molecular flexibility index (Phi) is 3.17. The zero-order valence-electron chi connectivity index (χ0n) is 8.84. The van der Waals surface area contributed by atoms with Crippen LogP contribution in [0.2, 0.25) is 0 Å². The minimum Gasteiger partial charge on any atom is -0.479 e. The predicted molar refractivity (Wildman–Crippen MR) is 53.1 cm³/mol. The number of hydrogen-bond acceptors (Lipinski definition) is 3. The minimum absolute atomic E-state index is 0.109. The smallest absolute Gasteiger partial charge is 0.336 e. The van der Waals surface area contributed by atoms with Gasteiger partial charge < -0.3 is 15.5 Å². The molecule has 82 valence electrons. The second-order valence-corrected chi connectivity index (χ2v) is 4.85. The van der Waals surface area contributed by atoms with Gasteiger partial charge in [0.15, 0.2) is 5.60 Å². The van der Waals surface area contributed by atoms with Crippen LogP contribution in [0.3, 0.4) is 0 Å². The molecule has 0 saturated heterocycles. The van der Waals surface area contributed by atoms with Crippen molar-refractivity contribution in [2.45, 2.75) is 38.7 Å². The number of nitrogens with one attached hydrogen (secondary N) is 1. The largest absolute Gasteiger partial charge is 0.479 e. The molecule has 0 aromatic rings. The first-order valence-corrected chi connectivity index (χ1v) is 5.02. The maximum Gasteiger partial charge on any atom is 0.336 e. The third-order valence-electron chi connectivity index (χ3n) is 3.04. The van der Waals surface area contributed by atoms with Gasteiger partial charge in [0.1, 0.15) is 0 Å². The van der Waals surface area contributed by atoms with Crippen LogP contribution in [0, 0.1) is 5.41 Å². The van der Waals surface area contributed by atoms with Crippen LogP contribution in [0.5, 0.6) is 0 Å². The first-order chi connectivity index (χ1) is 6.36. The van der Waals surface area contributed by atoms with Gasteiger partial charge in [0, 0.05) is 13.1 Å². The third-order valence-corrected chi connectivity index (χ3v) is 3.04. The molecule has 1 unspecified atom stereocenters. The molecule has 0 aliphatic heterocycles. The fraction of sp³-hybridized carbons (Fsp3) is 0.900. The standard InChI is InChI=1S/C10H19NO3/c1-9(4-3-5-9)6-11-7-10(2,14)8(12)13/h11,14H,3-7H2,1-2H3,(H,12,13). The van der Waals surface area contributed by atoms with Gasteiger partial charge in [-0.15, -0.1) is 0 Å². The van der Waals surface area contributed by atoms with Crippen LogP contribution in [-0.4, -0.2) is 34.9 Å². The van der Waals surface area contributed by atoms with Crippen molar-refractivity contribution in [1.82, 2.24) is 5.32 Å². The van der Waals surface area contributed by atoms with Crippen molar-refractivity contribution in [3.8, 4) is 0 Å². The normalized spacial score (nSPS) is 23.6. The van der Waals surface area contributed by atoms with E-state index in [0.717, 1.165) is 6.54 Å². The van der Waals surface area contributed by atoms with Crippen molar-refractivity contribution in [1.29, 1.82) is 0 Å². The van der Waals surface area contributed by atoms with Gasteiger partial charge in [-0.1, -0.05) is 13.3 Å². The molecule has 1 fully saturated rings. The maximum absolute atomic E-state index is 10.6. The van der Waals surface area contributed by atoms with Crippen molar-refractivity contribution in [3.63, 3.8) is 0 Å². The Labute approximate surface area is 84.3 Å². The molecule has 1 aliphatic rings. The van der Waals surface area contributed by atoms with Gasteiger partial charge >= 0.3 is 5.97 Å². The Morgan fingerprint density at radius 2 is 2.14 bits per heavy atom. The number of carboxylic acids is 1. The SMILES string of the molecule is CC1(CNCC(C)(O)C(=O)O)CCC1. The summed E-state index contributed by atoms with van der Waals surface area (Å²) < 4.78 is 0. The summed E-state index contributed by atoms with van der Waals surface area (Å²) in [4.78, 5) is 10.6. The van der Waals surface area contributed by atoms with Crippen LogP contribution in [0.15, 0.2) is 0 Å². The summed E-state index contributed by atoms with van der Waals surface area (Å²) in [6.45, 7) is 4.39. The summed E-state index contributed by atoms with van der Waals surface area (Å²) in [6, 6.07) is 0. The number of aliphatic hydroxyl groups is 1. The predicted octanol–water partition coefficient (Wildman–Crippen LogP) is 0.602. The third kappa shape index (κ3) is 2.69. The molecule has 0 spiro atoms. The Balaban J connectivity index is 2.23. The fourth-order valence-corrected chi connectivity index (χ4v) is 1.64. The Bertz CT molecular complexity index is 221. The van der Waals surface area contributed by atoms with Gasteiger partial charge in [-0.3, -0.25) is 0 Å². The van der Waals surface area contributed by atoms with Crippen molar-refractivity contribution >= 4 is 5.97 Å². The van der Waals surface area contributed by atoms with Crippen LogP contribution >= 0.6 is 0 Å². The maximum atomic E-state index is 10.6. The van der Waals surface area contributed by atoms with Crippen LogP contribution in [0.4, 0.5) is 0 Å². The van der Waals surface area contributed by atoms with Crippen molar-refractivity contribution < 1.29 is 15.0 Å². The molecule has 0 radical (unpaired) electrons. The summed E-state index contributed by atoms with van der Waals surface area (Å²) in [6.07, 6.45) is 3.64. The molecule has 0 aromatic heterocycles. The molecule has 1 atom stereocenters. The quantitative estimate of drug-likeness (QED) is 0.609. The number of rotatable bonds is 5. The van der Waals surface area contributed by atoms with E-state index in [9.17, 15) is 9.90 Å². The van der Waals surface area contributed by atoms with E-state index in [-0.39, 0.29) is 6.54 Å². The molecule has 0 aromatic carbocycles. The van der Waals surface area contributed by atoms with E-state index in [0.29, 0.717) is 5.41 Å². The number of carboxylic acid groups (broad SMARTS) is 1. The molecule has 1 rings (SSSR count). The zero-order chi connectivity index (χ0) is 10.8. The molecule has 1 aliphatic carbocycles. The fourth-order valence-electron chi connectivity index (χ4n) is 1.64. The van der Waals surface area contributed by atoms with Crippen LogP contribution in [0.25, 0.3) is 0 Å². The molecular weight excluding hydrogens is 182 g/mol. The molecule has 0 bridgehead atoms. The molecule has 0 heterocycles. The van der Waals surface area contributed by atoms with E-state index in [1.54, 1.807) is 0 Å². The highest BCUT2D eigenvalue weighted by molar-refractivity contribution is 5.76. The summed E-state index contributed by atoms with van der Waals surface area (Å²) in [5.41, 5.74) is -1.34. The highest BCUT2D eigenvalue weighted by atomic mass is 16.4. The highest BCUT2D eigenvalue weighted by Crippen LogP contribution is 2.39. The molecule has 0 amide bonds. The summed E-state index contributed by atoms with van der Waals surface area (Å²) in [7, 11) is 0. The lowest BCUT2D eigenvalue weighted by Gasteiger charge is -2.39. The van der Waals surface area contributed by atoms with E-state index < -0.39 is 11.6 Å². The lowest BCUT2D eigenvalue weighted by atomic mass is 9.70. The minimum atomic E-state index is -1.65. The van der Waals surface area contributed by atoms with E-state index in [4.69, 9.17) is 5.11 Å². The van der Waals surface area contributed by atoms with E-state index in [1.807, 2.05) is 0 Å². The Morgan fingerprint density at radius 3 is 2.50 bits per heavy atom. The highest BCUT2D eigenvalue weighted by Gasteiger charge is 2.34. The molecular formula is C10H19NO3. The first kappa shape index (κ1) is 11.5. The summed E-state index contributed by atoms with van der Waals surface area (Å²) in [5.74, 6) is -1.18. The Morgan fingerprint density at radius 1 is 1.57 bits per heavy atom. The molecule has 1 saturated carbocycles. The van der Waals surface area contributed by atoms with Gasteiger partial charge in [-0.25, -0.2) is 4.79 Å². The van der Waals surface area contributed by atoms with E-state index in [1.165, 1.54) is 26.2 Å². The molecule has 14 heavy (non-hydrogen) atoms. The van der Waals surface area contributed by atoms with Crippen LogP contribution < -0.4 is 5.32 Å². The summed E-state index contributed by atoms with van der Waals surface area (Å²) in [5, 5.41) is 21.1. The molecule has 4 heteroatoms. The van der Waals surface area contributed by atoms with Crippen LogP contribution in [-0.2, 0) is 4.79 Å². The van der Waals surface area contributed by atoms with Gasteiger partial charge in [0.2, 0.25) is 0 Å². The number of carbonyl (C=O) groups is 1. The number of hydrogen-bond donors (Lipinski definition) is 3. The van der Waals surface area contributed by atoms with Crippen molar-refractivity contribution in [2.75, 3.05) is 13.1 Å². The lowest BCUT2D eigenvalue weighted by Crippen LogP contribution is -2.48. The summed E-state index contributed by atoms with van der Waals surface area (Å²) >= 11 is 0. The lowest BCUT2D eigenvalue weighted by molar-refractivity contribution is -0.156. The Hall–Kier alpha value is -0.610. The zero-order valence-corrected chi connectivity index (χ0v) is 8.84. The van der Waals surface area contributed by atoms with E-state index in [2.05, 4.69) is 12.2 Å². The van der Waals surface area contributed by atoms with Gasteiger partial charge in [-0.05, 0) is 25.2 Å². The molecule has 4 nitrogen and oxygen atoms in total. The number of aliphatic carboxylic acids is 1. The molecule has 3 N–H and O–H groups in total. The van der Waals surface area contributed by atoms with Crippen molar-refractivity contribution in [2.24, 2.45) is 5.41 Å². The van der Waals surface area contributed by atoms with E-state index >= 15 is 0 Å². The van der Waals surface area contributed by atoms with Gasteiger partial charge in [0.25, 0.3) is 0 Å². The van der Waals surface area contributed by atoms with Crippen LogP contribution in [0.1, 0.15) is 33.1 Å². The van der Waals surface area contributed by atoms with Crippen molar-refractivity contribution in [3.05, 3.63) is 0 Å². The average molecular weight is 201 g/mol. The topological polar surface area (TPSA) is 69.6 Å². The van der Waals surface area contributed by atoms with Gasteiger partial charge in [-0.2, -0.15) is 0 Å². The first-order valence-electron chi connectivity index (χ1n) is 5.02.